The zero-order valence-corrected chi connectivity index (χ0v) is 10.8. The Morgan fingerprint density at radius 2 is 2.25 bits per heavy atom. The summed E-state index contributed by atoms with van der Waals surface area (Å²) < 4.78 is 5.33. The third-order valence-corrected chi connectivity index (χ3v) is 3.65. The van der Waals surface area contributed by atoms with Crippen molar-refractivity contribution >= 4 is 5.97 Å². The first-order valence-electron chi connectivity index (χ1n) is 6.39. The summed E-state index contributed by atoms with van der Waals surface area (Å²) in [6.07, 6.45) is 4.91. The Bertz CT molecular complexity index is 240. The Morgan fingerprint density at radius 3 is 2.75 bits per heavy atom. The van der Waals surface area contributed by atoms with Crippen LogP contribution in [0, 0.1) is 11.3 Å². The van der Waals surface area contributed by atoms with Crippen molar-refractivity contribution in [3.8, 4) is 0 Å². The van der Waals surface area contributed by atoms with Gasteiger partial charge in [-0.25, -0.2) is 0 Å². The highest BCUT2D eigenvalue weighted by Crippen LogP contribution is 2.37. The van der Waals surface area contributed by atoms with Crippen LogP contribution in [-0.4, -0.2) is 18.6 Å². The highest BCUT2D eigenvalue weighted by atomic mass is 16.5. The van der Waals surface area contributed by atoms with Gasteiger partial charge in [-0.2, -0.15) is 0 Å². The van der Waals surface area contributed by atoms with Crippen LogP contribution >= 0.6 is 0 Å². The highest BCUT2D eigenvalue weighted by molar-refractivity contribution is 5.77. The molecule has 0 amide bonds. The molecule has 0 aliphatic heterocycles. The van der Waals surface area contributed by atoms with Crippen molar-refractivity contribution in [3.63, 3.8) is 0 Å². The van der Waals surface area contributed by atoms with Gasteiger partial charge in [0.05, 0.1) is 12.0 Å². The largest absolute Gasteiger partial charge is 0.465 e. The fourth-order valence-electron chi connectivity index (χ4n) is 2.27. The predicted octanol–water partition coefficient (Wildman–Crippen LogP) is 2.48. The molecule has 2 unspecified atom stereocenters. The molecule has 94 valence electrons. The van der Waals surface area contributed by atoms with Crippen LogP contribution in [0.5, 0.6) is 0 Å². The Labute approximate surface area is 98.7 Å². The molecule has 0 bridgehead atoms. The molecule has 1 saturated carbocycles. The second-order valence-corrected chi connectivity index (χ2v) is 5.59. The molecule has 0 aromatic carbocycles. The number of nitrogens with two attached hydrogens (primary N) is 1. The number of rotatable bonds is 5. The van der Waals surface area contributed by atoms with Crippen LogP contribution in [0.3, 0.4) is 0 Å². The van der Waals surface area contributed by atoms with Crippen LogP contribution in [0.2, 0.25) is 0 Å². The molecular weight excluding hydrogens is 202 g/mol. The Hall–Kier alpha value is -0.570. The van der Waals surface area contributed by atoms with E-state index < -0.39 is 5.41 Å². The predicted molar refractivity (Wildman–Crippen MR) is 65.0 cm³/mol. The van der Waals surface area contributed by atoms with Gasteiger partial charge in [0.2, 0.25) is 0 Å². The fourth-order valence-corrected chi connectivity index (χ4v) is 2.27. The van der Waals surface area contributed by atoms with E-state index in [0.717, 1.165) is 32.1 Å². The summed E-state index contributed by atoms with van der Waals surface area (Å²) in [5.74, 6) is 0.573. The summed E-state index contributed by atoms with van der Waals surface area (Å²) in [6, 6.07) is -0.0231. The molecule has 3 heteroatoms. The number of carbonyl (C=O) groups excluding carboxylic acids is 1. The van der Waals surface area contributed by atoms with E-state index in [-0.39, 0.29) is 12.0 Å². The van der Waals surface area contributed by atoms with E-state index in [1.165, 1.54) is 0 Å². The van der Waals surface area contributed by atoms with Crippen molar-refractivity contribution in [2.45, 2.75) is 58.9 Å². The number of ether oxygens (including phenoxy) is 1. The molecule has 0 aromatic rings. The number of carbonyl (C=O) groups is 1. The molecule has 1 rings (SSSR count). The summed E-state index contributed by atoms with van der Waals surface area (Å²) in [6.45, 7) is 6.83. The lowest BCUT2D eigenvalue weighted by molar-refractivity contribution is -0.155. The molecule has 2 N–H and O–H groups in total. The van der Waals surface area contributed by atoms with Crippen LogP contribution in [-0.2, 0) is 9.53 Å². The fraction of sp³-hybridized carbons (Fsp3) is 0.923. The van der Waals surface area contributed by atoms with Gasteiger partial charge in [-0.05, 0) is 38.5 Å². The van der Waals surface area contributed by atoms with Gasteiger partial charge in [-0.1, -0.05) is 20.3 Å². The zero-order chi connectivity index (χ0) is 12.2. The minimum absolute atomic E-state index is 0.0231. The average Bonchev–Trinajstić information content (AvgIpc) is 2.55. The van der Waals surface area contributed by atoms with E-state index in [2.05, 4.69) is 13.8 Å². The minimum atomic E-state index is -0.433. The van der Waals surface area contributed by atoms with E-state index in [1.807, 2.05) is 6.92 Å². The van der Waals surface area contributed by atoms with E-state index in [4.69, 9.17) is 10.5 Å². The first-order chi connectivity index (χ1) is 7.47. The lowest BCUT2D eigenvalue weighted by Gasteiger charge is -2.26. The van der Waals surface area contributed by atoms with Crippen molar-refractivity contribution in [2.75, 3.05) is 6.61 Å². The molecule has 1 fully saturated rings. The third kappa shape index (κ3) is 3.21. The Kier molecular flexibility index (Phi) is 4.78. The molecule has 0 spiro atoms. The molecule has 16 heavy (non-hydrogen) atoms. The Balaban J connectivity index is 2.29. The lowest BCUT2D eigenvalue weighted by atomic mass is 9.85. The van der Waals surface area contributed by atoms with Gasteiger partial charge in [0.1, 0.15) is 0 Å². The quantitative estimate of drug-likeness (QED) is 0.580. The molecule has 3 nitrogen and oxygen atoms in total. The molecule has 0 aromatic heterocycles. The first-order valence-corrected chi connectivity index (χ1v) is 6.39. The molecule has 1 aliphatic carbocycles. The van der Waals surface area contributed by atoms with Crippen LogP contribution in [0.15, 0.2) is 0 Å². The normalized spacial score (nSPS) is 29.7. The average molecular weight is 227 g/mol. The maximum absolute atomic E-state index is 11.9. The van der Waals surface area contributed by atoms with Crippen LogP contribution in [0.4, 0.5) is 0 Å². The van der Waals surface area contributed by atoms with Gasteiger partial charge in [-0.15, -0.1) is 0 Å². The van der Waals surface area contributed by atoms with Gasteiger partial charge in [-0.3, -0.25) is 4.79 Å². The smallest absolute Gasteiger partial charge is 0.313 e. The third-order valence-electron chi connectivity index (χ3n) is 3.65. The van der Waals surface area contributed by atoms with E-state index in [9.17, 15) is 4.79 Å². The number of hydrogen-bond acceptors (Lipinski definition) is 3. The monoisotopic (exact) mass is 227 g/mol. The number of esters is 1. The van der Waals surface area contributed by atoms with Gasteiger partial charge in [0.25, 0.3) is 0 Å². The molecular formula is C13H25NO2. The molecule has 0 heterocycles. The molecule has 1 aliphatic rings. The summed E-state index contributed by atoms with van der Waals surface area (Å²) in [7, 11) is 0. The van der Waals surface area contributed by atoms with Crippen LogP contribution in [0.1, 0.15) is 52.9 Å². The van der Waals surface area contributed by atoms with Gasteiger partial charge >= 0.3 is 5.97 Å². The van der Waals surface area contributed by atoms with Crippen molar-refractivity contribution < 1.29 is 9.53 Å². The van der Waals surface area contributed by atoms with Crippen molar-refractivity contribution in [1.82, 2.24) is 0 Å². The van der Waals surface area contributed by atoms with Crippen molar-refractivity contribution in [3.05, 3.63) is 0 Å². The summed E-state index contributed by atoms with van der Waals surface area (Å²) >= 11 is 0. The van der Waals surface area contributed by atoms with Crippen LogP contribution < -0.4 is 5.73 Å². The first kappa shape index (κ1) is 13.5. The van der Waals surface area contributed by atoms with E-state index >= 15 is 0 Å². The highest BCUT2D eigenvalue weighted by Gasteiger charge is 2.44. The topological polar surface area (TPSA) is 52.3 Å². The van der Waals surface area contributed by atoms with Crippen LogP contribution in [0.25, 0.3) is 0 Å². The van der Waals surface area contributed by atoms with E-state index in [0.29, 0.717) is 12.5 Å². The summed E-state index contributed by atoms with van der Waals surface area (Å²) in [4.78, 5) is 11.9. The lowest BCUT2D eigenvalue weighted by Crippen LogP contribution is -2.42. The van der Waals surface area contributed by atoms with E-state index in [1.54, 1.807) is 0 Å². The van der Waals surface area contributed by atoms with Crippen molar-refractivity contribution in [2.24, 2.45) is 17.1 Å². The van der Waals surface area contributed by atoms with Crippen molar-refractivity contribution in [1.29, 1.82) is 0 Å². The maximum atomic E-state index is 11.9. The van der Waals surface area contributed by atoms with Gasteiger partial charge in [0, 0.05) is 6.04 Å². The standard InChI is InChI=1S/C13H25NO2/c1-10(2)6-5-9-16-12(15)13(3)8-4-7-11(13)14/h10-11H,4-9,14H2,1-3H3. The molecule has 0 saturated heterocycles. The van der Waals surface area contributed by atoms with Gasteiger partial charge in [0.15, 0.2) is 0 Å². The second-order valence-electron chi connectivity index (χ2n) is 5.59. The SMILES string of the molecule is CC(C)CCCOC(=O)C1(C)CCCC1N. The summed E-state index contributed by atoms with van der Waals surface area (Å²) in [5.41, 5.74) is 5.53. The summed E-state index contributed by atoms with van der Waals surface area (Å²) in [5, 5.41) is 0. The molecule has 2 atom stereocenters. The maximum Gasteiger partial charge on any atom is 0.313 e. The Morgan fingerprint density at radius 1 is 1.56 bits per heavy atom. The second kappa shape index (κ2) is 5.67. The number of hydrogen-bond donors (Lipinski definition) is 1. The molecule has 0 radical (unpaired) electrons. The zero-order valence-electron chi connectivity index (χ0n) is 10.8. The van der Waals surface area contributed by atoms with Gasteiger partial charge < -0.3 is 10.5 Å². The minimum Gasteiger partial charge on any atom is -0.465 e.